The molecular weight excluding hydrogens is 363 g/mol. The molecule has 1 fully saturated rings. The molecule has 0 radical (unpaired) electrons. The lowest BCUT2D eigenvalue weighted by Crippen LogP contribution is -2.33. The summed E-state index contributed by atoms with van der Waals surface area (Å²) in [5.74, 6) is -4.24. The molecule has 0 amide bonds. The Hall–Kier alpha value is -3.17. The van der Waals surface area contributed by atoms with Crippen molar-refractivity contribution in [3.8, 4) is 11.4 Å². The Balaban J connectivity index is 1.71. The van der Waals surface area contributed by atoms with Crippen molar-refractivity contribution in [2.45, 2.75) is 6.18 Å². The molecule has 0 bridgehead atoms. The van der Waals surface area contributed by atoms with Crippen molar-refractivity contribution in [3.63, 3.8) is 0 Å². The van der Waals surface area contributed by atoms with Gasteiger partial charge in [-0.15, -0.1) is 15.3 Å². The van der Waals surface area contributed by atoms with E-state index >= 15 is 0 Å². The van der Waals surface area contributed by atoms with Crippen LogP contribution in [0.4, 0.5) is 19.0 Å². The number of carboxylic acids is 1. The molecular formula is C17H14F3N5O2. The van der Waals surface area contributed by atoms with E-state index in [4.69, 9.17) is 0 Å². The van der Waals surface area contributed by atoms with Gasteiger partial charge in [-0.25, -0.2) is 0 Å². The second kappa shape index (κ2) is 6.22. The second-order valence-corrected chi connectivity index (χ2v) is 6.35. The summed E-state index contributed by atoms with van der Waals surface area (Å²) in [4.78, 5) is 12.6. The Morgan fingerprint density at radius 1 is 1.07 bits per heavy atom. The number of rotatable bonds is 3. The maximum Gasteiger partial charge on any atom is 0.394 e. The van der Waals surface area contributed by atoms with E-state index in [0.717, 1.165) is 5.56 Å². The van der Waals surface area contributed by atoms with E-state index in [1.165, 1.54) is 15.5 Å². The number of alkyl halides is 3. The summed E-state index contributed by atoms with van der Waals surface area (Å²) in [5, 5.41) is 21.6. The average molecular weight is 377 g/mol. The standard InChI is InChI=1S/C17H14F3N5O2/c18-17(19,20)12-9-24(8-11(12)16(26)27)14-7-6-13-21-22-15(25(13)23-14)10-4-2-1-3-5-10/h1-7,11-12H,8-9H2,(H,26,27)/t11-,12-/m1/s1. The number of aromatic nitrogens is 4. The molecule has 0 unspecified atom stereocenters. The third-order valence-electron chi connectivity index (χ3n) is 4.66. The summed E-state index contributed by atoms with van der Waals surface area (Å²) in [6, 6.07) is 12.3. The largest absolute Gasteiger partial charge is 0.481 e. The molecule has 3 aromatic rings. The van der Waals surface area contributed by atoms with Gasteiger partial charge in [0, 0.05) is 18.7 Å². The van der Waals surface area contributed by atoms with Crippen LogP contribution in [0.2, 0.25) is 0 Å². The molecule has 1 aliphatic heterocycles. The molecule has 2 atom stereocenters. The van der Waals surface area contributed by atoms with Gasteiger partial charge in [0.05, 0.1) is 11.8 Å². The minimum Gasteiger partial charge on any atom is -0.481 e. The number of nitrogens with zero attached hydrogens (tertiary/aromatic N) is 5. The molecule has 1 N–H and O–H groups in total. The Morgan fingerprint density at radius 3 is 2.44 bits per heavy atom. The highest BCUT2D eigenvalue weighted by atomic mass is 19.4. The van der Waals surface area contributed by atoms with Crippen molar-refractivity contribution < 1.29 is 23.1 Å². The Bertz CT molecular complexity index is 989. The van der Waals surface area contributed by atoms with Crippen molar-refractivity contribution in [1.29, 1.82) is 0 Å². The average Bonchev–Trinajstić information content (AvgIpc) is 3.26. The first-order valence-corrected chi connectivity index (χ1v) is 8.17. The Labute approximate surface area is 151 Å². The molecule has 27 heavy (non-hydrogen) atoms. The summed E-state index contributed by atoms with van der Waals surface area (Å²) in [6.07, 6.45) is -4.59. The van der Waals surface area contributed by atoms with Crippen molar-refractivity contribution in [2.75, 3.05) is 18.0 Å². The zero-order valence-electron chi connectivity index (χ0n) is 13.8. The van der Waals surface area contributed by atoms with Crippen LogP contribution in [0.5, 0.6) is 0 Å². The quantitative estimate of drug-likeness (QED) is 0.755. The van der Waals surface area contributed by atoms with Crippen LogP contribution in [0.1, 0.15) is 0 Å². The van der Waals surface area contributed by atoms with E-state index in [0.29, 0.717) is 11.5 Å². The molecule has 7 nitrogen and oxygen atoms in total. The van der Waals surface area contributed by atoms with E-state index in [9.17, 15) is 23.1 Å². The topological polar surface area (TPSA) is 83.6 Å². The number of halogens is 3. The van der Waals surface area contributed by atoms with Gasteiger partial charge in [0.2, 0.25) is 0 Å². The van der Waals surface area contributed by atoms with Gasteiger partial charge >= 0.3 is 12.1 Å². The predicted molar refractivity (Wildman–Crippen MR) is 89.1 cm³/mol. The van der Waals surface area contributed by atoms with Crippen molar-refractivity contribution >= 4 is 17.4 Å². The third-order valence-corrected chi connectivity index (χ3v) is 4.66. The van der Waals surface area contributed by atoms with Crippen LogP contribution < -0.4 is 4.90 Å². The summed E-state index contributed by atoms with van der Waals surface area (Å²) in [7, 11) is 0. The van der Waals surface area contributed by atoms with Gasteiger partial charge < -0.3 is 10.0 Å². The molecule has 10 heteroatoms. The second-order valence-electron chi connectivity index (χ2n) is 6.35. The summed E-state index contributed by atoms with van der Waals surface area (Å²) < 4.78 is 41.1. The molecule has 4 rings (SSSR count). The van der Waals surface area contributed by atoms with E-state index < -0.39 is 30.5 Å². The molecule has 3 heterocycles. The van der Waals surface area contributed by atoms with Crippen LogP contribution >= 0.6 is 0 Å². The maximum atomic E-state index is 13.2. The number of hydrogen-bond acceptors (Lipinski definition) is 5. The van der Waals surface area contributed by atoms with Crippen LogP contribution in [0.3, 0.4) is 0 Å². The van der Waals surface area contributed by atoms with Crippen LogP contribution in [0.25, 0.3) is 17.0 Å². The lowest BCUT2D eigenvalue weighted by atomic mass is 9.96. The summed E-state index contributed by atoms with van der Waals surface area (Å²) >= 11 is 0. The molecule has 0 spiro atoms. The molecule has 1 aromatic carbocycles. The fraction of sp³-hybridized carbons (Fsp3) is 0.294. The van der Waals surface area contributed by atoms with Crippen LogP contribution in [-0.4, -0.2) is 50.2 Å². The van der Waals surface area contributed by atoms with Gasteiger partial charge in [0.25, 0.3) is 0 Å². The molecule has 0 saturated carbocycles. The lowest BCUT2D eigenvalue weighted by molar-refractivity contribution is -0.187. The first kappa shape index (κ1) is 17.3. The lowest BCUT2D eigenvalue weighted by Gasteiger charge is -2.18. The van der Waals surface area contributed by atoms with Crippen LogP contribution in [0, 0.1) is 11.8 Å². The van der Waals surface area contributed by atoms with Crippen molar-refractivity contribution in [2.24, 2.45) is 11.8 Å². The van der Waals surface area contributed by atoms with Gasteiger partial charge in [0.1, 0.15) is 5.82 Å². The fourth-order valence-corrected chi connectivity index (χ4v) is 3.29. The third kappa shape index (κ3) is 3.07. The number of aliphatic carboxylic acids is 1. The van der Waals surface area contributed by atoms with Gasteiger partial charge in [0.15, 0.2) is 11.5 Å². The van der Waals surface area contributed by atoms with Gasteiger partial charge in [-0.05, 0) is 12.1 Å². The van der Waals surface area contributed by atoms with E-state index in [2.05, 4.69) is 15.3 Å². The number of anilines is 1. The first-order valence-electron chi connectivity index (χ1n) is 8.17. The summed E-state index contributed by atoms with van der Waals surface area (Å²) in [5.41, 5.74) is 1.20. The molecule has 1 aliphatic rings. The van der Waals surface area contributed by atoms with Gasteiger partial charge in [-0.3, -0.25) is 4.79 Å². The van der Waals surface area contributed by atoms with Gasteiger partial charge in [-0.1, -0.05) is 30.3 Å². The SMILES string of the molecule is O=C(O)[C@@H]1CN(c2ccc3nnc(-c4ccccc4)n3n2)C[C@H]1C(F)(F)F. The number of fused-ring (bicyclic) bond motifs is 1. The highest BCUT2D eigenvalue weighted by molar-refractivity contribution is 5.72. The van der Waals surface area contributed by atoms with E-state index in [1.54, 1.807) is 6.07 Å². The number of carboxylic acid groups (broad SMARTS) is 1. The maximum absolute atomic E-state index is 13.2. The smallest absolute Gasteiger partial charge is 0.394 e. The normalized spacial score (nSPS) is 20.3. The molecule has 0 aliphatic carbocycles. The Kier molecular flexibility index (Phi) is 3.97. The van der Waals surface area contributed by atoms with Crippen molar-refractivity contribution in [3.05, 3.63) is 42.5 Å². The van der Waals surface area contributed by atoms with Crippen LogP contribution in [-0.2, 0) is 4.79 Å². The van der Waals surface area contributed by atoms with E-state index in [-0.39, 0.29) is 12.4 Å². The molecule has 1 saturated heterocycles. The van der Waals surface area contributed by atoms with Gasteiger partial charge in [-0.2, -0.15) is 17.7 Å². The Morgan fingerprint density at radius 2 is 1.81 bits per heavy atom. The summed E-state index contributed by atoms with van der Waals surface area (Å²) in [6.45, 7) is -0.720. The number of hydrogen-bond donors (Lipinski definition) is 1. The van der Waals surface area contributed by atoms with Crippen LogP contribution in [0.15, 0.2) is 42.5 Å². The zero-order valence-corrected chi connectivity index (χ0v) is 13.8. The minimum atomic E-state index is -4.59. The fourth-order valence-electron chi connectivity index (χ4n) is 3.29. The molecule has 2 aromatic heterocycles. The van der Waals surface area contributed by atoms with Crippen molar-refractivity contribution in [1.82, 2.24) is 19.8 Å². The number of carbonyl (C=O) groups is 1. The van der Waals surface area contributed by atoms with E-state index in [1.807, 2.05) is 30.3 Å². The first-order chi connectivity index (χ1) is 12.8. The number of benzene rings is 1. The highest BCUT2D eigenvalue weighted by Crippen LogP contribution is 2.39. The highest BCUT2D eigenvalue weighted by Gasteiger charge is 2.52. The zero-order chi connectivity index (χ0) is 19.2. The minimum absolute atomic E-state index is 0.248. The molecule has 140 valence electrons. The predicted octanol–water partition coefficient (Wildman–Crippen LogP) is 2.49. The monoisotopic (exact) mass is 377 g/mol.